The Morgan fingerprint density at radius 2 is 1.63 bits per heavy atom. The first kappa shape index (κ1) is 24.4. The second-order valence-electron chi connectivity index (χ2n) is 8.24. The molecule has 0 radical (unpaired) electrons. The number of benzene rings is 4. The Bertz CT molecular complexity index is 1430. The number of amides is 1. The molecule has 0 unspecified atom stereocenters. The molecule has 1 amide bonds. The van der Waals surface area contributed by atoms with E-state index >= 15 is 0 Å². The van der Waals surface area contributed by atoms with Crippen molar-refractivity contribution in [3.63, 3.8) is 0 Å². The molecule has 2 N–H and O–H groups in total. The van der Waals surface area contributed by atoms with Gasteiger partial charge in [0.05, 0.1) is 11.5 Å². The van der Waals surface area contributed by atoms with Crippen LogP contribution in [-0.2, 0) is 21.2 Å². The number of hydrogen-bond acceptors (Lipinski definition) is 4. The van der Waals surface area contributed by atoms with Gasteiger partial charge in [-0.3, -0.25) is 4.79 Å². The van der Waals surface area contributed by atoms with Crippen LogP contribution in [0.25, 0.3) is 10.8 Å². The first-order valence-corrected chi connectivity index (χ1v) is 12.9. The van der Waals surface area contributed by atoms with Crippen LogP contribution in [0.4, 0.5) is 5.69 Å². The van der Waals surface area contributed by atoms with Crippen molar-refractivity contribution in [1.29, 1.82) is 0 Å². The third kappa shape index (κ3) is 5.88. The minimum absolute atomic E-state index is 0.0782. The summed E-state index contributed by atoms with van der Waals surface area (Å²) in [5.74, 6) is 0.192. The van der Waals surface area contributed by atoms with E-state index in [-0.39, 0.29) is 11.3 Å². The smallest absolute Gasteiger partial charge is 0.242 e. The third-order valence-corrected chi connectivity index (χ3v) is 7.17. The van der Waals surface area contributed by atoms with E-state index in [1.165, 1.54) is 6.07 Å². The maximum absolute atomic E-state index is 13.4. The molecule has 7 heteroatoms. The van der Waals surface area contributed by atoms with Crippen LogP contribution >= 0.6 is 0 Å². The highest BCUT2D eigenvalue weighted by Gasteiger charge is 2.27. The van der Waals surface area contributed by atoms with Gasteiger partial charge in [-0.05, 0) is 61.0 Å². The fraction of sp³-hybridized carbons (Fsp3) is 0.179. The second-order valence-corrected chi connectivity index (χ2v) is 9.95. The van der Waals surface area contributed by atoms with Gasteiger partial charge in [-0.25, -0.2) is 8.42 Å². The zero-order valence-electron chi connectivity index (χ0n) is 19.7. The molecule has 0 aliphatic heterocycles. The molecule has 4 aromatic carbocycles. The normalized spacial score (nSPS) is 12.3. The first-order valence-electron chi connectivity index (χ1n) is 11.5. The predicted octanol–water partition coefficient (Wildman–Crippen LogP) is 5.08. The summed E-state index contributed by atoms with van der Waals surface area (Å²) in [6, 6.07) is 26.3. The van der Waals surface area contributed by atoms with E-state index in [0.29, 0.717) is 23.6 Å². The Morgan fingerprint density at radius 1 is 0.914 bits per heavy atom. The molecule has 4 rings (SSSR count). The number of carbonyl (C=O) groups excluding carboxylic acids is 1. The average Bonchev–Trinajstić information content (AvgIpc) is 2.85. The van der Waals surface area contributed by atoms with Gasteiger partial charge < -0.3 is 10.1 Å². The van der Waals surface area contributed by atoms with Crippen molar-refractivity contribution in [2.24, 2.45) is 0 Å². The molecule has 0 aromatic heterocycles. The summed E-state index contributed by atoms with van der Waals surface area (Å²) < 4.78 is 34.7. The molecule has 0 aliphatic rings. The zero-order chi connectivity index (χ0) is 24.8. The summed E-state index contributed by atoms with van der Waals surface area (Å²) in [6.45, 7) is 4.14. The van der Waals surface area contributed by atoms with E-state index in [1.54, 1.807) is 19.1 Å². The van der Waals surface area contributed by atoms with Gasteiger partial charge in [0.1, 0.15) is 11.8 Å². The maximum atomic E-state index is 13.4. The predicted molar refractivity (Wildman–Crippen MR) is 139 cm³/mol. The topological polar surface area (TPSA) is 84.5 Å². The molecular weight excluding hydrogens is 460 g/mol. The summed E-state index contributed by atoms with van der Waals surface area (Å²) >= 11 is 0. The van der Waals surface area contributed by atoms with Gasteiger partial charge >= 0.3 is 0 Å². The molecular formula is C28H28N2O4S. The van der Waals surface area contributed by atoms with Gasteiger partial charge in [0.2, 0.25) is 15.9 Å². The standard InChI is InChI=1S/C28H28N2O4S/c1-3-34-27-17-16-23(18-20(27)2)35(32,33)30-26(19-21-10-5-4-6-11-21)28(31)29-25-15-9-13-22-12-7-8-14-24(22)25/h4-18,26,30H,3,19H2,1-2H3,(H,29,31)/t26-/m0/s1. The van der Waals surface area contributed by atoms with Crippen LogP contribution in [-0.4, -0.2) is 27.0 Å². The Kier molecular flexibility index (Phi) is 7.48. The third-order valence-electron chi connectivity index (χ3n) is 5.70. The molecule has 35 heavy (non-hydrogen) atoms. The number of anilines is 1. The number of sulfonamides is 1. The summed E-state index contributed by atoms with van der Waals surface area (Å²) in [5.41, 5.74) is 2.17. The van der Waals surface area contributed by atoms with E-state index < -0.39 is 22.0 Å². The quantitative estimate of drug-likeness (QED) is 0.344. The molecule has 0 saturated carbocycles. The number of carbonyl (C=O) groups is 1. The molecule has 0 saturated heterocycles. The number of nitrogens with one attached hydrogen (secondary N) is 2. The maximum Gasteiger partial charge on any atom is 0.242 e. The van der Waals surface area contributed by atoms with Gasteiger partial charge in [0.15, 0.2) is 0 Å². The number of hydrogen-bond donors (Lipinski definition) is 2. The summed E-state index contributed by atoms with van der Waals surface area (Å²) in [4.78, 5) is 13.5. The van der Waals surface area contributed by atoms with Crippen molar-refractivity contribution in [3.8, 4) is 5.75 Å². The van der Waals surface area contributed by atoms with E-state index in [2.05, 4.69) is 10.0 Å². The fourth-order valence-corrected chi connectivity index (χ4v) is 5.23. The van der Waals surface area contributed by atoms with E-state index in [0.717, 1.165) is 16.3 Å². The number of fused-ring (bicyclic) bond motifs is 1. The molecule has 6 nitrogen and oxygen atoms in total. The van der Waals surface area contributed by atoms with E-state index in [4.69, 9.17) is 4.74 Å². The number of aryl methyl sites for hydroxylation is 1. The van der Waals surface area contributed by atoms with Crippen LogP contribution in [0.1, 0.15) is 18.1 Å². The van der Waals surface area contributed by atoms with Crippen LogP contribution in [0.2, 0.25) is 0 Å². The molecule has 0 heterocycles. The minimum Gasteiger partial charge on any atom is -0.494 e. The van der Waals surface area contributed by atoms with Crippen molar-refractivity contribution in [1.82, 2.24) is 4.72 Å². The zero-order valence-corrected chi connectivity index (χ0v) is 20.5. The van der Waals surface area contributed by atoms with Crippen molar-refractivity contribution in [3.05, 3.63) is 102 Å². The van der Waals surface area contributed by atoms with Gasteiger partial charge in [0, 0.05) is 11.1 Å². The van der Waals surface area contributed by atoms with Crippen molar-refractivity contribution in [2.45, 2.75) is 31.2 Å². The summed E-state index contributed by atoms with van der Waals surface area (Å²) in [5, 5.41) is 4.79. The lowest BCUT2D eigenvalue weighted by Gasteiger charge is -2.20. The van der Waals surface area contributed by atoms with Gasteiger partial charge in [-0.2, -0.15) is 4.72 Å². The molecule has 4 aromatic rings. The summed E-state index contributed by atoms with van der Waals surface area (Å²) in [6.07, 6.45) is 0.201. The monoisotopic (exact) mass is 488 g/mol. The highest BCUT2D eigenvalue weighted by atomic mass is 32.2. The Labute approximate surface area is 206 Å². The van der Waals surface area contributed by atoms with E-state index in [9.17, 15) is 13.2 Å². The van der Waals surface area contributed by atoms with Crippen LogP contribution < -0.4 is 14.8 Å². The Morgan fingerprint density at radius 3 is 2.37 bits per heavy atom. The highest BCUT2D eigenvalue weighted by Crippen LogP contribution is 2.24. The Hall–Kier alpha value is -3.68. The lowest BCUT2D eigenvalue weighted by Crippen LogP contribution is -2.45. The number of rotatable bonds is 9. The van der Waals surface area contributed by atoms with Crippen molar-refractivity contribution < 1.29 is 17.9 Å². The fourth-order valence-electron chi connectivity index (χ4n) is 3.95. The second kappa shape index (κ2) is 10.7. The lowest BCUT2D eigenvalue weighted by molar-refractivity contribution is -0.117. The van der Waals surface area contributed by atoms with Crippen molar-refractivity contribution in [2.75, 3.05) is 11.9 Å². The van der Waals surface area contributed by atoms with Crippen molar-refractivity contribution >= 4 is 32.4 Å². The average molecular weight is 489 g/mol. The Balaban J connectivity index is 1.63. The molecule has 1 atom stereocenters. The number of ether oxygens (including phenoxy) is 1. The molecule has 0 spiro atoms. The van der Waals surface area contributed by atoms with E-state index in [1.807, 2.05) is 79.7 Å². The van der Waals surface area contributed by atoms with Gasteiger partial charge in [-0.1, -0.05) is 66.7 Å². The molecule has 180 valence electrons. The van der Waals surface area contributed by atoms with Gasteiger partial charge in [-0.15, -0.1) is 0 Å². The molecule has 0 bridgehead atoms. The van der Waals surface area contributed by atoms with Gasteiger partial charge in [0.25, 0.3) is 0 Å². The first-order chi connectivity index (χ1) is 16.9. The van der Waals surface area contributed by atoms with Crippen LogP contribution in [0.3, 0.4) is 0 Å². The van der Waals surface area contributed by atoms with Crippen LogP contribution in [0.15, 0.2) is 95.9 Å². The van der Waals surface area contributed by atoms with Crippen LogP contribution in [0.5, 0.6) is 5.75 Å². The summed E-state index contributed by atoms with van der Waals surface area (Å²) in [7, 11) is -3.98. The highest BCUT2D eigenvalue weighted by molar-refractivity contribution is 7.89. The largest absolute Gasteiger partial charge is 0.494 e. The molecule has 0 aliphatic carbocycles. The van der Waals surface area contributed by atoms with Crippen LogP contribution in [0, 0.1) is 6.92 Å². The SMILES string of the molecule is CCOc1ccc(S(=O)(=O)N[C@@H](Cc2ccccc2)C(=O)Nc2cccc3ccccc23)cc1C. The lowest BCUT2D eigenvalue weighted by atomic mass is 10.1. The minimum atomic E-state index is -3.98. The molecule has 0 fully saturated rings.